The van der Waals surface area contributed by atoms with Gasteiger partial charge in [-0.15, -0.1) is 0 Å². The molecule has 0 aliphatic rings. The molecule has 0 bridgehead atoms. The summed E-state index contributed by atoms with van der Waals surface area (Å²) >= 11 is 4.90. The van der Waals surface area contributed by atoms with E-state index in [2.05, 4.69) is 25.9 Å². The smallest absolute Gasteiger partial charge is 0.192 e. The van der Waals surface area contributed by atoms with Gasteiger partial charge >= 0.3 is 0 Å². The average Bonchev–Trinajstić information content (AvgIpc) is 2.33. The van der Waals surface area contributed by atoms with Crippen molar-refractivity contribution in [3.8, 4) is 0 Å². The molecule has 1 aromatic heterocycles. The molecule has 0 atom stereocenters. The maximum atomic E-state index is 10.4. The molecule has 0 aliphatic carbocycles. The Morgan fingerprint density at radius 2 is 1.88 bits per heavy atom. The number of hydrogen-bond donors (Lipinski definition) is 0. The predicted octanol–water partition coefficient (Wildman–Crippen LogP) is 3.20. The zero-order chi connectivity index (χ0) is 11.4. The van der Waals surface area contributed by atoms with Crippen LogP contribution in [0.4, 0.5) is 0 Å². The Balaban J connectivity index is 2.21. The second-order valence-corrected chi connectivity index (χ2v) is 4.81. The van der Waals surface area contributed by atoms with E-state index >= 15 is 0 Å². The minimum Gasteiger partial charge on any atom is -0.298 e. The molecular weight excluding hydrogens is 288 g/mol. The topological polar surface area (TPSA) is 42.9 Å². The van der Waals surface area contributed by atoms with Gasteiger partial charge in [-0.2, -0.15) is 0 Å². The molecule has 16 heavy (non-hydrogen) atoms. The molecule has 0 saturated heterocycles. The van der Waals surface area contributed by atoms with Crippen LogP contribution in [0, 0.1) is 0 Å². The highest BCUT2D eigenvalue weighted by molar-refractivity contribution is 9.10. The molecule has 0 radical (unpaired) electrons. The van der Waals surface area contributed by atoms with Crippen molar-refractivity contribution in [2.45, 2.75) is 10.1 Å². The summed E-state index contributed by atoms with van der Waals surface area (Å²) in [6.45, 7) is 0. The number of rotatable bonds is 3. The standard InChI is InChI=1S/C11H7BrN2OS/c12-9-3-1-2-4-10(9)16-11-13-5-8(7-15)6-14-11/h1-7H. The van der Waals surface area contributed by atoms with Crippen LogP contribution in [0.3, 0.4) is 0 Å². The Morgan fingerprint density at radius 1 is 1.19 bits per heavy atom. The summed E-state index contributed by atoms with van der Waals surface area (Å²) < 4.78 is 1.00. The molecule has 2 rings (SSSR count). The highest BCUT2D eigenvalue weighted by Crippen LogP contribution is 2.30. The maximum absolute atomic E-state index is 10.4. The summed E-state index contributed by atoms with van der Waals surface area (Å²) in [5.74, 6) is 0. The lowest BCUT2D eigenvalue weighted by Gasteiger charge is -2.01. The van der Waals surface area contributed by atoms with Crippen molar-refractivity contribution < 1.29 is 4.79 Å². The molecule has 5 heteroatoms. The van der Waals surface area contributed by atoms with Crippen LogP contribution >= 0.6 is 27.7 Å². The van der Waals surface area contributed by atoms with Gasteiger partial charge in [-0.1, -0.05) is 12.1 Å². The number of aldehydes is 1. The van der Waals surface area contributed by atoms with Gasteiger partial charge in [0.1, 0.15) is 0 Å². The molecular formula is C11H7BrN2OS. The summed E-state index contributed by atoms with van der Waals surface area (Å²) in [6.07, 6.45) is 3.76. The van der Waals surface area contributed by atoms with Gasteiger partial charge in [0.05, 0.1) is 5.56 Å². The van der Waals surface area contributed by atoms with Crippen molar-refractivity contribution in [3.05, 3.63) is 46.7 Å². The molecule has 0 N–H and O–H groups in total. The summed E-state index contributed by atoms with van der Waals surface area (Å²) in [5, 5.41) is 0.623. The third-order valence-corrected chi connectivity index (χ3v) is 3.75. The maximum Gasteiger partial charge on any atom is 0.192 e. The fourth-order valence-electron chi connectivity index (χ4n) is 1.07. The lowest BCUT2D eigenvalue weighted by atomic mass is 10.4. The normalized spacial score (nSPS) is 10.1. The van der Waals surface area contributed by atoms with Gasteiger partial charge < -0.3 is 0 Å². The highest BCUT2D eigenvalue weighted by atomic mass is 79.9. The van der Waals surface area contributed by atoms with E-state index < -0.39 is 0 Å². The lowest BCUT2D eigenvalue weighted by Crippen LogP contribution is -1.89. The largest absolute Gasteiger partial charge is 0.298 e. The molecule has 2 aromatic rings. The van der Waals surface area contributed by atoms with E-state index in [9.17, 15) is 4.79 Å². The molecule has 1 heterocycles. The van der Waals surface area contributed by atoms with Crippen molar-refractivity contribution in [1.29, 1.82) is 0 Å². The Hall–Kier alpha value is -1.20. The van der Waals surface area contributed by atoms with Gasteiger partial charge in [0.15, 0.2) is 11.4 Å². The minimum absolute atomic E-state index is 0.483. The fourth-order valence-corrected chi connectivity index (χ4v) is 2.31. The molecule has 0 spiro atoms. The van der Waals surface area contributed by atoms with Gasteiger partial charge in [-0.05, 0) is 39.8 Å². The first-order valence-electron chi connectivity index (χ1n) is 4.49. The zero-order valence-corrected chi connectivity index (χ0v) is 10.5. The first-order chi connectivity index (χ1) is 7.79. The van der Waals surface area contributed by atoms with Crippen LogP contribution in [0.5, 0.6) is 0 Å². The molecule has 0 fully saturated rings. The predicted molar refractivity (Wildman–Crippen MR) is 65.7 cm³/mol. The van der Waals surface area contributed by atoms with E-state index in [4.69, 9.17) is 0 Å². The zero-order valence-electron chi connectivity index (χ0n) is 8.13. The van der Waals surface area contributed by atoms with Gasteiger partial charge in [0.25, 0.3) is 0 Å². The van der Waals surface area contributed by atoms with E-state index in [1.807, 2.05) is 24.3 Å². The summed E-state index contributed by atoms with van der Waals surface area (Å²) in [7, 11) is 0. The Bertz CT molecular complexity index is 502. The number of nitrogens with zero attached hydrogens (tertiary/aromatic N) is 2. The van der Waals surface area contributed by atoms with E-state index in [0.717, 1.165) is 15.7 Å². The Kier molecular flexibility index (Phi) is 3.69. The van der Waals surface area contributed by atoms with Crippen molar-refractivity contribution in [2.24, 2.45) is 0 Å². The van der Waals surface area contributed by atoms with Crippen LogP contribution in [0.1, 0.15) is 10.4 Å². The monoisotopic (exact) mass is 294 g/mol. The van der Waals surface area contributed by atoms with Crippen molar-refractivity contribution in [1.82, 2.24) is 9.97 Å². The highest BCUT2D eigenvalue weighted by Gasteiger charge is 2.03. The van der Waals surface area contributed by atoms with Gasteiger partial charge in [-0.3, -0.25) is 4.79 Å². The molecule has 0 unspecified atom stereocenters. The van der Waals surface area contributed by atoms with Crippen LogP contribution in [0.2, 0.25) is 0 Å². The number of carbonyl (C=O) groups excluding carboxylic acids is 1. The molecule has 80 valence electrons. The second kappa shape index (κ2) is 5.23. The van der Waals surface area contributed by atoms with Crippen LogP contribution in [-0.4, -0.2) is 16.3 Å². The number of hydrogen-bond acceptors (Lipinski definition) is 4. The number of aromatic nitrogens is 2. The van der Waals surface area contributed by atoms with Crippen LogP contribution in [0.15, 0.2) is 51.2 Å². The first kappa shape index (κ1) is 11.3. The fraction of sp³-hybridized carbons (Fsp3) is 0. The Labute approximate surface area is 105 Å². The third-order valence-electron chi connectivity index (χ3n) is 1.82. The second-order valence-electron chi connectivity index (χ2n) is 2.95. The molecule has 0 saturated carbocycles. The molecule has 1 aromatic carbocycles. The molecule has 3 nitrogen and oxygen atoms in total. The number of carbonyl (C=O) groups is 1. The molecule has 0 amide bonds. The summed E-state index contributed by atoms with van der Waals surface area (Å²) in [4.78, 5) is 19.7. The van der Waals surface area contributed by atoms with E-state index in [1.165, 1.54) is 24.2 Å². The van der Waals surface area contributed by atoms with Crippen LogP contribution in [-0.2, 0) is 0 Å². The van der Waals surface area contributed by atoms with Crippen molar-refractivity contribution in [3.63, 3.8) is 0 Å². The van der Waals surface area contributed by atoms with Crippen LogP contribution in [0.25, 0.3) is 0 Å². The van der Waals surface area contributed by atoms with Crippen molar-refractivity contribution in [2.75, 3.05) is 0 Å². The summed E-state index contributed by atoms with van der Waals surface area (Å²) in [6, 6.07) is 7.84. The lowest BCUT2D eigenvalue weighted by molar-refractivity contribution is 0.112. The van der Waals surface area contributed by atoms with E-state index in [0.29, 0.717) is 10.7 Å². The molecule has 0 aliphatic heterocycles. The van der Waals surface area contributed by atoms with E-state index in [-0.39, 0.29) is 0 Å². The Morgan fingerprint density at radius 3 is 2.50 bits per heavy atom. The van der Waals surface area contributed by atoms with E-state index in [1.54, 1.807) is 0 Å². The minimum atomic E-state index is 0.483. The average molecular weight is 295 g/mol. The first-order valence-corrected chi connectivity index (χ1v) is 6.10. The number of benzene rings is 1. The third kappa shape index (κ3) is 2.68. The van der Waals surface area contributed by atoms with Crippen LogP contribution < -0.4 is 0 Å². The van der Waals surface area contributed by atoms with Gasteiger partial charge in [0, 0.05) is 21.8 Å². The number of halogens is 1. The summed E-state index contributed by atoms with van der Waals surface area (Å²) in [5.41, 5.74) is 0.483. The quantitative estimate of drug-likeness (QED) is 0.644. The SMILES string of the molecule is O=Cc1cnc(Sc2ccccc2Br)nc1. The van der Waals surface area contributed by atoms with Crippen molar-refractivity contribution >= 4 is 34.0 Å². The van der Waals surface area contributed by atoms with Gasteiger partial charge in [-0.25, -0.2) is 9.97 Å². The van der Waals surface area contributed by atoms with Gasteiger partial charge in [0.2, 0.25) is 0 Å².